The van der Waals surface area contributed by atoms with Crippen molar-refractivity contribution in [2.24, 2.45) is 5.92 Å². The third kappa shape index (κ3) is 3.22. The molecule has 0 saturated carbocycles. The molecule has 0 aliphatic carbocycles. The molecule has 4 nitrogen and oxygen atoms in total. The highest BCUT2D eigenvalue weighted by Crippen LogP contribution is 2.26. The fraction of sp³-hybridized carbons (Fsp3) is 0.600. The van der Waals surface area contributed by atoms with Crippen LogP contribution in [0, 0.1) is 5.92 Å². The largest absolute Gasteiger partial charge is 0.372 e. The molecule has 0 aromatic heterocycles. The Morgan fingerprint density at radius 2 is 2.10 bits per heavy atom. The van der Waals surface area contributed by atoms with Crippen LogP contribution in [0.3, 0.4) is 0 Å². The summed E-state index contributed by atoms with van der Waals surface area (Å²) >= 11 is 0. The van der Waals surface area contributed by atoms with Crippen molar-refractivity contribution in [3.63, 3.8) is 0 Å². The summed E-state index contributed by atoms with van der Waals surface area (Å²) in [6, 6.07) is 8.40. The number of hydrogen-bond acceptors (Lipinski definition) is 4. The molecule has 3 rings (SSSR count). The van der Waals surface area contributed by atoms with Crippen molar-refractivity contribution in [1.29, 1.82) is 0 Å². The van der Waals surface area contributed by atoms with Gasteiger partial charge in [0.2, 0.25) is 0 Å². The molecule has 0 spiro atoms. The first kappa shape index (κ1) is 14.0. The molecule has 1 aromatic carbocycles. The first-order valence-electron chi connectivity index (χ1n) is 7.24. The van der Waals surface area contributed by atoms with Crippen molar-refractivity contribution in [2.45, 2.75) is 18.9 Å². The molecule has 2 unspecified atom stereocenters. The lowest BCUT2D eigenvalue weighted by Crippen LogP contribution is -2.31. The Kier molecular flexibility index (Phi) is 4.10. The van der Waals surface area contributed by atoms with Gasteiger partial charge in [0.1, 0.15) is 0 Å². The van der Waals surface area contributed by atoms with E-state index in [2.05, 4.69) is 23.5 Å². The summed E-state index contributed by atoms with van der Waals surface area (Å²) < 4.78 is 28.7. The molecule has 2 atom stereocenters. The van der Waals surface area contributed by atoms with Crippen LogP contribution < -0.4 is 5.32 Å². The fourth-order valence-electron chi connectivity index (χ4n) is 3.10. The molecular formula is C15H21NO3S. The fourth-order valence-corrected chi connectivity index (χ4v) is 4.96. The van der Waals surface area contributed by atoms with Crippen molar-refractivity contribution in [3.05, 3.63) is 35.4 Å². The molecule has 2 aliphatic heterocycles. The van der Waals surface area contributed by atoms with Gasteiger partial charge in [0.25, 0.3) is 0 Å². The lowest BCUT2D eigenvalue weighted by Gasteiger charge is -2.26. The minimum Gasteiger partial charge on any atom is -0.372 e. The van der Waals surface area contributed by atoms with Crippen molar-refractivity contribution < 1.29 is 13.2 Å². The summed E-state index contributed by atoms with van der Waals surface area (Å²) in [7, 11) is -2.77. The average molecular weight is 295 g/mol. The molecule has 2 aliphatic rings. The predicted molar refractivity (Wildman–Crippen MR) is 78.5 cm³/mol. The van der Waals surface area contributed by atoms with Gasteiger partial charge < -0.3 is 10.1 Å². The standard InChI is InChI=1S/C15H21NO3S/c17-20(18)8-6-12(11-20)9-16-10-15-14-4-2-1-3-13(14)5-7-19-15/h1-4,12,15-16H,5-11H2. The van der Waals surface area contributed by atoms with Gasteiger partial charge in [-0.15, -0.1) is 0 Å². The quantitative estimate of drug-likeness (QED) is 0.910. The predicted octanol–water partition coefficient (Wildman–Crippen LogP) is 1.32. The normalized spacial score (nSPS) is 28.2. The average Bonchev–Trinajstić information content (AvgIpc) is 2.79. The first-order valence-corrected chi connectivity index (χ1v) is 9.07. The molecular weight excluding hydrogens is 274 g/mol. The Morgan fingerprint density at radius 3 is 2.90 bits per heavy atom. The third-order valence-electron chi connectivity index (χ3n) is 4.18. The van der Waals surface area contributed by atoms with E-state index in [1.807, 2.05) is 6.07 Å². The molecule has 1 fully saturated rings. The second-order valence-electron chi connectivity index (χ2n) is 5.74. The van der Waals surface area contributed by atoms with Gasteiger partial charge >= 0.3 is 0 Å². The van der Waals surface area contributed by atoms with E-state index in [1.54, 1.807) is 0 Å². The van der Waals surface area contributed by atoms with E-state index >= 15 is 0 Å². The maximum Gasteiger partial charge on any atom is 0.150 e. The summed E-state index contributed by atoms with van der Waals surface area (Å²) in [5.41, 5.74) is 2.64. The van der Waals surface area contributed by atoms with Crippen LogP contribution in [0.15, 0.2) is 24.3 Å². The minimum atomic E-state index is -2.77. The summed E-state index contributed by atoms with van der Waals surface area (Å²) in [6.07, 6.45) is 1.86. The van der Waals surface area contributed by atoms with Crippen LogP contribution >= 0.6 is 0 Å². The van der Waals surface area contributed by atoms with Crippen LogP contribution in [0.1, 0.15) is 23.7 Å². The third-order valence-corrected chi connectivity index (χ3v) is 6.02. The second kappa shape index (κ2) is 5.84. The van der Waals surface area contributed by atoms with Gasteiger partial charge in [-0.25, -0.2) is 8.42 Å². The molecule has 110 valence electrons. The molecule has 1 aromatic rings. The van der Waals surface area contributed by atoms with Crippen molar-refractivity contribution in [3.8, 4) is 0 Å². The van der Waals surface area contributed by atoms with E-state index in [4.69, 9.17) is 4.74 Å². The number of fused-ring (bicyclic) bond motifs is 1. The molecule has 5 heteroatoms. The number of sulfone groups is 1. The van der Waals surface area contributed by atoms with Gasteiger partial charge in [-0.3, -0.25) is 0 Å². The zero-order valence-corrected chi connectivity index (χ0v) is 12.4. The SMILES string of the molecule is O=S1(=O)CCC(CNCC2OCCc3ccccc32)C1. The van der Waals surface area contributed by atoms with E-state index < -0.39 is 9.84 Å². The number of benzene rings is 1. The molecule has 20 heavy (non-hydrogen) atoms. The lowest BCUT2D eigenvalue weighted by molar-refractivity contribution is 0.0421. The number of nitrogens with one attached hydrogen (secondary N) is 1. The second-order valence-corrected chi connectivity index (χ2v) is 7.96. The Bertz CT molecular complexity index is 570. The highest BCUT2D eigenvalue weighted by Gasteiger charge is 2.28. The minimum absolute atomic E-state index is 0.0953. The van der Waals surface area contributed by atoms with Crippen LogP contribution in [-0.2, 0) is 21.0 Å². The van der Waals surface area contributed by atoms with E-state index in [9.17, 15) is 8.42 Å². The molecule has 0 radical (unpaired) electrons. The van der Waals surface area contributed by atoms with Crippen molar-refractivity contribution >= 4 is 9.84 Å². The molecule has 0 bridgehead atoms. The lowest BCUT2D eigenvalue weighted by atomic mass is 9.97. The van der Waals surface area contributed by atoms with Crippen LogP contribution in [-0.4, -0.2) is 39.6 Å². The van der Waals surface area contributed by atoms with Gasteiger partial charge in [-0.05, 0) is 36.4 Å². The Hall–Kier alpha value is -0.910. The van der Waals surface area contributed by atoms with Crippen molar-refractivity contribution in [2.75, 3.05) is 31.2 Å². The van der Waals surface area contributed by atoms with E-state index in [1.165, 1.54) is 11.1 Å². The van der Waals surface area contributed by atoms with Gasteiger partial charge in [0.15, 0.2) is 9.84 Å². The number of ether oxygens (including phenoxy) is 1. The van der Waals surface area contributed by atoms with Crippen LogP contribution in [0.25, 0.3) is 0 Å². The Balaban J connectivity index is 1.53. The van der Waals surface area contributed by atoms with Crippen LogP contribution in [0.5, 0.6) is 0 Å². The molecule has 2 heterocycles. The monoisotopic (exact) mass is 295 g/mol. The maximum atomic E-state index is 11.4. The number of rotatable bonds is 4. The Labute approximate surface area is 120 Å². The van der Waals surface area contributed by atoms with Crippen LogP contribution in [0.2, 0.25) is 0 Å². The summed E-state index contributed by atoms with van der Waals surface area (Å²) in [6.45, 7) is 2.29. The van der Waals surface area contributed by atoms with Gasteiger partial charge in [0.05, 0.1) is 24.2 Å². The summed E-state index contributed by atoms with van der Waals surface area (Å²) in [5, 5.41) is 3.39. The number of hydrogen-bond donors (Lipinski definition) is 1. The molecule has 1 N–H and O–H groups in total. The Morgan fingerprint density at radius 1 is 1.25 bits per heavy atom. The van der Waals surface area contributed by atoms with Gasteiger partial charge in [0, 0.05) is 6.54 Å². The van der Waals surface area contributed by atoms with Crippen LogP contribution in [0.4, 0.5) is 0 Å². The zero-order chi connectivity index (χ0) is 14.0. The smallest absolute Gasteiger partial charge is 0.150 e. The summed E-state index contributed by atoms with van der Waals surface area (Å²) in [5.74, 6) is 0.948. The van der Waals surface area contributed by atoms with Gasteiger partial charge in [-0.2, -0.15) is 0 Å². The van der Waals surface area contributed by atoms with E-state index in [0.29, 0.717) is 11.5 Å². The highest BCUT2D eigenvalue weighted by molar-refractivity contribution is 7.91. The molecule has 0 amide bonds. The van der Waals surface area contributed by atoms with E-state index in [0.717, 1.165) is 32.5 Å². The highest BCUT2D eigenvalue weighted by atomic mass is 32.2. The first-order chi connectivity index (χ1) is 9.64. The van der Waals surface area contributed by atoms with E-state index in [-0.39, 0.29) is 12.0 Å². The zero-order valence-electron chi connectivity index (χ0n) is 11.5. The van der Waals surface area contributed by atoms with Gasteiger partial charge in [-0.1, -0.05) is 24.3 Å². The van der Waals surface area contributed by atoms with Crippen molar-refractivity contribution in [1.82, 2.24) is 5.32 Å². The summed E-state index contributed by atoms with van der Waals surface area (Å²) in [4.78, 5) is 0. The molecule has 1 saturated heterocycles. The topological polar surface area (TPSA) is 55.4 Å². The maximum absolute atomic E-state index is 11.4.